The van der Waals surface area contributed by atoms with Gasteiger partial charge in [-0.3, -0.25) is 4.98 Å². The summed E-state index contributed by atoms with van der Waals surface area (Å²) in [6.07, 6.45) is 2.59. The van der Waals surface area contributed by atoms with Gasteiger partial charge >= 0.3 is 0 Å². The first-order valence-electron chi connectivity index (χ1n) is 7.55. The van der Waals surface area contributed by atoms with Gasteiger partial charge < -0.3 is 10.6 Å². The van der Waals surface area contributed by atoms with Gasteiger partial charge in [-0.25, -0.2) is 9.38 Å². The van der Waals surface area contributed by atoms with Gasteiger partial charge in [-0.2, -0.15) is 0 Å². The lowest BCUT2D eigenvalue weighted by Gasteiger charge is -2.11. The van der Waals surface area contributed by atoms with Gasteiger partial charge in [0, 0.05) is 41.4 Å². The van der Waals surface area contributed by atoms with Crippen molar-refractivity contribution in [1.82, 2.24) is 15.6 Å². The van der Waals surface area contributed by atoms with Gasteiger partial charge in [0.1, 0.15) is 5.82 Å². The van der Waals surface area contributed by atoms with E-state index in [0.29, 0.717) is 18.1 Å². The predicted octanol–water partition coefficient (Wildman–Crippen LogP) is 3.28. The minimum Gasteiger partial charge on any atom is -0.357 e. The summed E-state index contributed by atoms with van der Waals surface area (Å²) < 4.78 is 14.5. The highest BCUT2D eigenvalue weighted by molar-refractivity contribution is 9.10. The first-order chi connectivity index (χ1) is 11.2. The van der Waals surface area contributed by atoms with Crippen LogP contribution in [0.25, 0.3) is 0 Å². The van der Waals surface area contributed by atoms with Crippen LogP contribution in [-0.2, 0) is 13.0 Å². The zero-order valence-electron chi connectivity index (χ0n) is 13.0. The fraction of sp³-hybridized carbons (Fsp3) is 0.294. The van der Waals surface area contributed by atoms with Gasteiger partial charge in [0.25, 0.3) is 0 Å². The van der Waals surface area contributed by atoms with E-state index in [0.717, 1.165) is 23.1 Å². The number of guanidine groups is 1. The minimum atomic E-state index is -0.257. The zero-order chi connectivity index (χ0) is 16.5. The van der Waals surface area contributed by atoms with E-state index in [1.807, 2.05) is 31.2 Å². The quantitative estimate of drug-likeness (QED) is 0.598. The Morgan fingerprint density at radius 3 is 2.83 bits per heavy atom. The van der Waals surface area contributed by atoms with Crippen LogP contribution >= 0.6 is 15.9 Å². The molecule has 1 heterocycles. The maximum Gasteiger partial charge on any atom is 0.191 e. The van der Waals surface area contributed by atoms with Crippen molar-refractivity contribution in [2.45, 2.75) is 19.9 Å². The van der Waals surface area contributed by atoms with Crippen molar-refractivity contribution in [2.24, 2.45) is 4.99 Å². The van der Waals surface area contributed by atoms with Gasteiger partial charge in [-0.1, -0.05) is 28.1 Å². The molecule has 6 heteroatoms. The summed E-state index contributed by atoms with van der Waals surface area (Å²) in [6, 6.07) is 10.9. The number of nitrogens with one attached hydrogen (secondary N) is 2. The van der Waals surface area contributed by atoms with Crippen molar-refractivity contribution < 1.29 is 4.39 Å². The van der Waals surface area contributed by atoms with Crippen LogP contribution in [0.4, 0.5) is 4.39 Å². The van der Waals surface area contributed by atoms with E-state index >= 15 is 0 Å². The third-order valence-electron chi connectivity index (χ3n) is 3.17. The Balaban J connectivity index is 1.91. The monoisotopic (exact) mass is 378 g/mol. The average Bonchev–Trinajstić information content (AvgIpc) is 2.55. The molecule has 1 aromatic carbocycles. The molecule has 2 aromatic rings. The molecule has 0 atom stereocenters. The molecule has 0 saturated carbocycles. The topological polar surface area (TPSA) is 49.3 Å². The summed E-state index contributed by atoms with van der Waals surface area (Å²) in [4.78, 5) is 8.70. The molecule has 0 unspecified atom stereocenters. The molecule has 2 rings (SSSR count). The highest BCUT2D eigenvalue weighted by Crippen LogP contribution is 2.15. The first kappa shape index (κ1) is 17.4. The molecule has 0 spiro atoms. The predicted molar refractivity (Wildman–Crippen MR) is 94.9 cm³/mol. The SMILES string of the molecule is CCNC(=NCc1ccc(Br)cc1F)NCCc1ccccn1. The van der Waals surface area contributed by atoms with Crippen LogP contribution in [0.15, 0.2) is 52.1 Å². The molecule has 0 amide bonds. The van der Waals surface area contributed by atoms with Crippen LogP contribution in [0.5, 0.6) is 0 Å². The molecule has 1 aromatic heterocycles. The smallest absolute Gasteiger partial charge is 0.191 e. The lowest BCUT2D eigenvalue weighted by Crippen LogP contribution is -2.38. The number of benzene rings is 1. The van der Waals surface area contributed by atoms with Crippen molar-refractivity contribution in [3.05, 3.63) is 64.1 Å². The molecule has 0 fully saturated rings. The van der Waals surface area contributed by atoms with Crippen LogP contribution in [0, 0.1) is 5.82 Å². The van der Waals surface area contributed by atoms with Crippen molar-refractivity contribution in [1.29, 1.82) is 0 Å². The first-order valence-corrected chi connectivity index (χ1v) is 8.34. The van der Waals surface area contributed by atoms with Gasteiger partial charge in [0.05, 0.1) is 6.54 Å². The molecule has 0 aliphatic rings. The minimum absolute atomic E-state index is 0.257. The summed E-state index contributed by atoms with van der Waals surface area (Å²) in [5.74, 6) is 0.415. The molecular formula is C17H20BrFN4. The average molecular weight is 379 g/mol. The standard InChI is InChI=1S/C17H20BrFN4/c1-2-20-17(22-10-8-15-5-3-4-9-21-15)23-12-13-6-7-14(18)11-16(13)19/h3-7,9,11H,2,8,10,12H2,1H3,(H2,20,22,23). The highest BCUT2D eigenvalue weighted by atomic mass is 79.9. The van der Waals surface area contributed by atoms with Crippen LogP contribution < -0.4 is 10.6 Å². The number of rotatable bonds is 6. The van der Waals surface area contributed by atoms with Gasteiger partial charge in [-0.05, 0) is 31.2 Å². The van der Waals surface area contributed by atoms with Crippen LogP contribution in [0.3, 0.4) is 0 Å². The fourth-order valence-electron chi connectivity index (χ4n) is 2.01. The Morgan fingerprint density at radius 2 is 2.13 bits per heavy atom. The maximum absolute atomic E-state index is 13.8. The van der Waals surface area contributed by atoms with Crippen molar-refractivity contribution in [3.63, 3.8) is 0 Å². The van der Waals surface area contributed by atoms with Gasteiger partial charge in [-0.15, -0.1) is 0 Å². The summed E-state index contributed by atoms with van der Waals surface area (Å²) in [6.45, 7) is 3.75. The lowest BCUT2D eigenvalue weighted by molar-refractivity contribution is 0.609. The highest BCUT2D eigenvalue weighted by Gasteiger charge is 2.03. The van der Waals surface area contributed by atoms with Crippen LogP contribution in [0.2, 0.25) is 0 Å². The number of hydrogen-bond acceptors (Lipinski definition) is 2. The third kappa shape index (κ3) is 5.98. The van der Waals surface area contributed by atoms with Crippen molar-refractivity contribution in [3.8, 4) is 0 Å². The Morgan fingerprint density at radius 1 is 1.26 bits per heavy atom. The van der Waals surface area contributed by atoms with E-state index in [4.69, 9.17) is 0 Å². The summed E-state index contributed by atoms with van der Waals surface area (Å²) >= 11 is 3.25. The molecule has 122 valence electrons. The number of aliphatic imine (C=N–C) groups is 1. The van der Waals surface area contributed by atoms with E-state index in [-0.39, 0.29) is 12.4 Å². The van der Waals surface area contributed by atoms with Crippen LogP contribution in [0.1, 0.15) is 18.2 Å². The van der Waals surface area contributed by atoms with E-state index < -0.39 is 0 Å². The normalized spacial score (nSPS) is 11.3. The second-order valence-corrected chi connectivity index (χ2v) is 5.84. The summed E-state index contributed by atoms with van der Waals surface area (Å²) in [5.41, 5.74) is 1.59. The molecule has 0 radical (unpaired) electrons. The zero-order valence-corrected chi connectivity index (χ0v) is 14.6. The Labute approximate surface area is 144 Å². The third-order valence-corrected chi connectivity index (χ3v) is 3.66. The number of halogens is 2. The molecule has 2 N–H and O–H groups in total. The van der Waals surface area contributed by atoms with E-state index in [1.165, 1.54) is 6.07 Å². The van der Waals surface area contributed by atoms with E-state index in [9.17, 15) is 4.39 Å². The molecule has 23 heavy (non-hydrogen) atoms. The molecule has 0 aliphatic heterocycles. The molecule has 0 bridgehead atoms. The Bertz CT molecular complexity index is 646. The maximum atomic E-state index is 13.8. The van der Waals surface area contributed by atoms with Crippen molar-refractivity contribution >= 4 is 21.9 Å². The summed E-state index contributed by atoms with van der Waals surface area (Å²) in [5, 5.41) is 6.39. The lowest BCUT2D eigenvalue weighted by atomic mass is 10.2. The van der Waals surface area contributed by atoms with Crippen LogP contribution in [-0.4, -0.2) is 24.0 Å². The second-order valence-electron chi connectivity index (χ2n) is 4.93. The number of hydrogen-bond donors (Lipinski definition) is 2. The van der Waals surface area contributed by atoms with Gasteiger partial charge in [0.2, 0.25) is 0 Å². The fourth-order valence-corrected chi connectivity index (χ4v) is 2.34. The molecular weight excluding hydrogens is 359 g/mol. The largest absolute Gasteiger partial charge is 0.357 e. The van der Waals surface area contributed by atoms with Crippen molar-refractivity contribution in [2.75, 3.05) is 13.1 Å². The number of pyridine rings is 1. The molecule has 0 saturated heterocycles. The molecule has 0 aliphatic carbocycles. The Hall–Kier alpha value is -1.95. The van der Waals surface area contributed by atoms with E-state index in [1.54, 1.807) is 12.3 Å². The number of aromatic nitrogens is 1. The van der Waals surface area contributed by atoms with E-state index in [2.05, 4.69) is 36.5 Å². The second kappa shape index (κ2) is 9.25. The Kier molecular flexibility index (Phi) is 7.00. The number of nitrogens with zero attached hydrogens (tertiary/aromatic N) is 2. The summed E-state index contributed by atoms with van der Waals surface area (Å²) in [7, 11) is 0. The van der Waals surface area contributed by atoms with Gasteiger partial charge in [0.15, 0.2) is 5.96 Å². The molecule has 4 nitrogen and oxygen atoms in total.